The zero-order chi connectivity index (χ0) is 24.4. The maximum absolute atomic E-state index is 12.8. The van der Waals surface area contributed by atoms with Crippen LogP contribution in [-0.4, -0.2) is 74.6 Å². The summed E-state index contributed by atoms with van der Waals surface area (Å²) in [6.07, 6.45) is 2.00. The Morgan fingerprint density at radius 1 is 1.09 bits per heavy atom. The van der Waals surface area contributed by atoms with Crippen LogP contribution in [-0.2, 0) is 32.0 Å². The van der Waals surface area contributed by atoms with Crippen molar-refractivity contribution in [2.45, 2.75) is 44.0 Å². The van der Waals surface area contributed by atoms with Crippen molar-refractivity contribution >= 4 is 23.7 Å². The lowest BCUT2D eigenvalue weighted by Crippen LogP contribution is -2.55. The van der Waals surface area contributed by atoms with Crippen molar-refractivity contribution in [2.24, 2.45) is 5.73 Å². The van der Waals surface area contributed by atoms with Gasteiger partial charge in [-0.3, -0.25) is 14.4 Å². The number of nitrogens with zero attached hydrogens (tertiary/aromatic N) is 1. The van der Waals surface area contributed by atoms with Gasteiger partial charge in [0.2, 0.25) is 17.7 Å². The number of aromatic amines is 1. The molecule has 1 aromatic heterocycles. The molecule has 3 amide bonds. The number of aliphatic carboxylic acids is 1. The number of carboxylic acid groups (broad SMARTS) is 1. The Morgan fingerprint density at radius 2 is 1.79 bits per heavy atom. The summed E-state index contributed by atoms with van der Waals surface area (Å²) in [6.45, 7) is 0.673. The number of aliphatic hydroxyl groups is 1. The third kappa shape index (κ3) is 8.35. The molecule has 0 spiro atoms. The first kappa shape index (κ1) is 25.5. The van der Waals surface area contributed by atoms with Gasteiger partial charge in [0.1, 0.15) is 6.04 Å². The van der Waals surface area contributed by atoms with Crippen LogP contribution in [0.3, 0.4) is 0 Å². The molecule has 0 radical (unpaired) electrons. The molecule has 0 fully saturated rings. The van der Waals surface area contributed by atoms with Crippen LogP contribution in [0.25, 0.3) is 0 Å². The second-order valence-electron chi connectivity index (χ2n) is 7.48. The maximum Gasteiger partial charge on any atom is 0.328 e. The van der Waals surface area contributed by atoms with Crippen LogP contribution < -0.4 is 21.7 Å². The molecule has 8 N–H and O–H groups in total. The second-order valence-corrected chi connectivity index (χ2v) is 7.48. The largest absolute Gasteiger partial charge is 0.480 e. The highest BCUT2D eigenvalue weighted by Crippen LogP contribution is 2.05. The summed E-state index contributed by atoms with van der Waals surface area (Å²) in [5.74, 6) is -3.44. The number of carboxylic acids is 1. The lowest BCUT2D eigenvalue weighted by atomic mass is 10.0. The minimum absolute atomic E-state index is 0.141. The number of H-pyrrole nitrogens is 1. The van der Waals surface area contributed by atoms with Crippen LogP contribution in [0.2, 0.25) is 0 Å². The van der Waals surface area contributed by atoms with Gasteiger partial charge in [-0.15, -0.1) is 0 Å². The molecule has 2 rings (SSSR count). The van der Waals surface area contributed by atoms with E-state index in [-0.39, 0.29) is 12.8 Å². The van der Waals surface area contributed by atoms with Crippen molar-refractivity contribution < 1.29 is 29.4 Å². The normalized spacial score (nSPS) is 14.4. The molecule has 2 aromatic rings. The van der Waals surface area contributed by atoms with E-state index in [1.807, 2.05) is 6.07 Å². The Kier molecular flexibility index (Phi) is 9.51. The van der Waals surface area contributed by atoms with Crippen LogP contribution in [0.15, 0.2) is 42.9 Å². The van der Waals surface area contributed by atoms with Crippen molar-refractivity contribution in [3.05, 3.63) is 54.1 Å². The molecule has 1 heterocycles. The van der Waals surface area contributed by atoms with E-state index in [9.17, 15) is 24.3 Å². The Morgan fingerprint density at radius 3 is 2.36 bits per heavy atom. The highest BCUT2D eigenvalue weighted by Gasteiger charge is 2.27. The number of nitrogens with one attached hydrogen (secondary N) is 4. The van der Waals surface area contributed by atoms with Crippen LogP contribution in [0.1, 0.15) is 18.2 Å². The highest BCUT2D eigenvalue weighted by atomic mass is 16.4. The number of hydrogen-bond donors (Lipinski definition) is 7. The number of benzene rings is 1. The third-order valence-electron chi connectivity index (χ3n) is 4.74. The van der Waals surface area contributed by atoms with Gasteiger partial charge in [0, 0.05) is 24.7 Å². The van der Waals surface area contributed by atoms with E-state index >= 15 is 0 Å². The molecule has 33 heavy (non-hydrogen) atoms. The first-order chi connectivity index (χ1) is 15.7. The van der Waals surface area contributed by atoms with Gasteiger partial charge >= 0.3 is 5.97 Å². The highest BCUT2D eigenvalue weighted by molar-refractivity contribution is 5.92. The van der Waals surface area contributed by atoms with Gasteiger partial charge in [-0.1, -0.05) is 30.3 Å². The smallest absolute Gasteiger partial charge is 0.328 e. The van der Waals surface area contributed by atoms with Crippen molar-refractivity contribution in [3.63, 3.8) is 0 Å². The fourth-order valence-corrected chi connectivity index (χ4v) is 2.97. The molecule has 4 atom stereocenters. The summed E-state index contributed by atoms with van der Waals surface area (Å²) in [6, 6.07) is 5.44. The van der Waals surface area contributed by atoms with Gasteiger partial charge < -0.3 is 36.9 Å². The van der Waals surface area contributed by atoms with E-state index in [1.165, 1.54) is 19.4 Å². The first-order valence-corrected chi connectivity index (χ1v) is 10.2. The predicted octanol–water partition coefficient (Wildman–Crippen LogP) is -1.93. The SMILES string of the molecule is CC(O)C(NC(=O)CNC(=O)C(Cc1ccccc1)NC(=O)C(N)Cc1cnc[nH]1)C(=O)O. The number of aliphatic hydroxyl groups excluding tert-OH is 1. The molecule has 0 aliphatic heterocycles. The second kappa shape index (κ2) is 12.3. The van der Waals surface area contributed by atoms with Gasteiger partial charge in [0.25, 0.3) is 0 Å². The van der Waals surface area contributed by atoms with Crippen LogP contribution >= 0.6 is 0 Å². The molecular weight excluding hydrogens is 432 g/mol. The van der Waals surface area contributed by atoms with Crippen molar-refractivity contribution in [1.29, 1.82) is 0 Å². The number of amides is 3. The molecule has 0 saturated carbocycles. The fourth-order valence-electron chi connectivity index (χ4n) is 2.97. The minimum atomic E-state index is -1.52. The molecule has 0 aliphatic rings. The summed E-state index contributed by atoms with van der Waals surface area (Å²) >= 11 is 0. The van der Waals surface area contributed by atoms with E-state index in [1.54, 1.807) is 24.3 Å². The number of nitrogens with two attached hydrogens (primary N) is 1. The molecule has 12 heteroatoms. The van der Waals surface area contributed by atoms with E-state index in [0.29, 0.717) is 5.69 Å². The molecule has 0 aliphatic carbocycles. The van der Waals surface area contributed by atoms with E-state index < -0.39 is 54.5 Å². The zero-order valence-electron chi connectivity index (χ0n) is 18.0. The van der Waals surface area contributed by atoms with Gasteiger partial charge in [0.05, 0.1) is 25.0 Å². The van der Waals surface area contributed by atoms with Crippen LogP contribution in [0.5, 0.6) is 0 Å². The number of rotatable bonds is 12. The average molecular weight is 460 g/mol. The number of imidazole rings is 1. The summed E-state index contributed by atoms with van der Waals surface area (Å²) < 4.78 is 0. The van der Waals surface area contributed by atoms with E-state index in [4.69, 9.17) is 10.8 Å². The van der Waals surface area contributed by atoms with Crippen LogP contribution in [0.4, 0.5) is 0 Å². The molecule has 1 aromatic carbocycles. The Bertz CT molecular complexity index is 934. The zero-order valence-corrected chi connectivity index (χ0v) is 18.0. The minimum Gasteiger partial charge on any atom is -0.480 e. The Labute approximate surface area is 190 Å². The summed E-state index contributed by atoms with van der Waals surface area (Å²) in [7, 11) is 0. The Balaban J connectivity index is 2.01. The summed E-state index contributed by atoms with van der Waals surface area (Å²) in [5.41, 5.74) is 7.37. The topological polar surface area (TPSA) is 200 Å². The first-order valence-electron chi connectivity index (χ1n) is 10.2. The van der Waals surface area contributed by atoms with Crippen molar-refractivity contribution in [2.75, 3.05) is 6.54 Å². The Hall–Kier alpha value is -3.77. The molecule has 12 nitrogen and oxygen atoms in total. The van der Waals surface area contributed by atoms with Gasteiger partial charge in [0.15, 0.2) is 6.04 Å². The summed E-state index contributed by atoms with van der Waals surface area (Å²) in [5, 5.41) is 25.6. The molecule has 0 bridgehead atoms. The maximum atomic E-state index is 12.8. The van der Waals surface area contributed by atoms with Crippen LogP contribution in [0, 0.1) is 0 Å². The molecular formula is C21H28N6O6. The number of carbonyl (C=O) groups is 4. The third-order valence-corrected chi connectivity index (χ3v) is 4.74. The fraction of sp³-hybridized carbons (Fsp3) is 0.381. The number of aromatic nitrogens is 2. The van der Waals surface area contributed by atoms with Crippen molar-refractivity contribution in [1.82, 2.24) is 25.9 Å². The van der Waals surface area contributed by atoms with E-state index in [2.05, 4.69) is 25.9 Å². The van der Waals surface area contributed by atoms with Gasteiger partial charge in [-0.25, -0.2) is 9.78 Å². The quantitative estimate of drug-likeness (QED) is 0.190. The van der Waals surface area contributed by atoms with Crippen molar-refractivity contribution in [3.8, 4) is 0 Å². The molecule has 0 saturated heterocycles. The lowest BCUT2D eigenvalue weighted by Gasteiger charge is -2.21. The molecule has 178 valence electrons. The monoisotopic (exact) mass is 460 g/mol. The van der Waals surface area contributed by atoms with E-state index in [0.717, 1.165) is 5.56 Å². The standard InChI is InChI=1S/C21H28N6O6/c1-12(28)18(21(32)33)27-17(29)10-24-20(31)16(7-13-5-3-2-4-6-13)26-19(30)15(22)8-14-9-23-11-25-14/h2-6,9,11-12,15-16,18,28H,7-8,10,22H2,1H3,(H,23,25)(H,24,31)(H,26,30)(H,27,29)(H,32,33). The summed E-state index contributed by atoms with van der Waals surface area (Å²) in [4.78, 5) is 55.2. The molecule has 4 unspecified atom stereocenters. The lowest BCUT2D eigenvalue weighted by molar-refractivity contribution is -0.144. The predicted molar refractivity (Wildman–Crippen MR) is 117 cm³/mol. The number of carbonyl (C=O) groups excluding carboxylic acids is 3. The van der Waals surface area contributed by atoms with Gasteiger partial charge in [-0.2, -0.15) is 0 Å². The van der Waals surface area contributed by atoms with Gasteiger partial charge in [-0.05, 0) is 12.5 Å². The number of hydrogen-bond acceptors (Lipinski definition) is 7. The average Bonchev–Trinajstić information content (AvgIpc) is 3.28.